The highest BCUT2D eigenvalue weighted by molar-refractivity contribution is 6.30. The van der Waals surface area contributed by atoms with Gasteiger partial charge in [0.1, 0.15) is 5.75 Å². The molecule has 0 aliphatic carbocycles. The standard InChI is InChI=1S/C20H20ClN5O3/c1-13-18(11-23-26(13)16-5-3-4-14(21)10-16)20(28)25-24-19(27)12-22-15-6-8-17(29-2)9-7-15/h3-11,22H,12H2,1-2H3,(H,24,27)(H,25,28). The van der Waals surface area contributed by atoms with Crippen molar-refractivity contribution in [2.24, 2.45) is 0 Å². The Hall–Kier alpha value is -3.52. The maximum absolute atomic E-state index is 12.4. The van der Waals surface area contributed by atoms with Crippen LogP contribution in [0.5, 0.6) is 5.75 Å². The Morgan fingerprint density at radius 3 is 2.59 bits per heavy atom. The normalized spacial score (nSPS) is 10.3. The van der Waals surface area contributed by atoms with Crippen molar-refractivity contribution in [3.8, 4) is 11.4 Å². The second-order valence-corrected chi connectivity index (χ2v) is 6.56. The van der Waals surface area contributed by atoms with E-state index in [0.717, 1.165) is 17.1 Å². The number of amides is 2. The predicted molar refractivity (Wildman–Crippen MR) is 110 cm³/mol. The van der Waals surface area contributed by atoms with Crippen LogP contribution in [0.4, 0.5) is 5.69 Å². The molecule has 0 fully saturated rings. The van der Waals surface area contributed by atoms with Gasteiger partial charge in [0.2, 0.25) is 0 Å². The van der Waals surface area contributed by atoms with Crippen molar-refractivity contribution in [1.29, 1.82) is 0 Å². The first-order valence-electron chi connectivity index (χ1n) is 8.75. The Kier molecular flexibility index (Phi) is 6.36. The van der Waals surface area contributed by atoms with Crippen LogP contribution in [0.25, 0.3) is 5.69 Å². The summed E-state index contributed by atoms with van der Waals surface area (Å²) in [6.45, 7) is 1.75. The van der Waals surface area contributed by atoms with Gasteiger partial charge in [0.05, 0.1) is 36.8 Å². The Morgan fingerprint density at radius 2 is 1.90 bits per heavy atom. The van der Waals surface area contributed by atoms with Crippen LogP contribution in [0.2, 0.25) is 5.02 Å². The monoisotopic (exact) mass is 413 g/mol. The third-order valence-corrected chi connectivity index (χ3v) is 4.40. The zero-order chi connectivity index (χ0) is 20.8. The van der Waals surface area contributed by atoms with Crippen LogP contribution in [0.1, 0.15) is 16.1 Å². The molecular weight excluding hydrogens is 394 g/mol. The maximum Gasteiger partial charge on any atom is 0.273 e. The van der Waals surface area contributed by atoms with Crippen LogP contribution >= 0.6 is 11.6 Å². The molecule has 0 unspecified atom stereocenters. The molecule has 3 aromatic rings. The van der Waals surface area contributed by atoms with Crippen molar-refractivity contribution in [2.45, 2.75) is 6.92 Å². The molecule has 0 aliphatic heterocycles. The molecule has 0 saturated heterocycles. The fraction of sp³-hybridized carbons (Fsp3) is 0.150. The van der Waals surface area contributed by atoms with Gasteiger partial charge in [-0.25, -0.2) is 4.68 Å². The Morgan fingerprint density at radius 1 is 1.14 bits per heavy atom. The van der Waals surface area contributed by atoms with Crippen LogP contribution in [-0.2, 0) is 4.79 Å². The van der Waals surface area contributed by atoms with E-state index in [0.29, 0.717) is 16.3 Å². The van der Waals surface area contributed by atoms with Crippen molar-refractivity contribution in [1.82, 2.24) is 20.6 Å². The molecule has 1 aromatic heterocycles. The minimum absolute atomic E-state index is 0.00658. The summed E-state index contributed by atoms with van der Waals surface area (Å²) in [5.41, 5.74) is 7.22. The highest BCUT2D eigenvalue weighted by Crippen LogP contribution is 2.18. The lowest BCUT2D eigenvalue weighted by atomic mass is 10.2. The average Bonchev–Trinajstić information content (AvgIpc) is 3.12. The molecule has 29 heavy (non-hydrogen) atoms. The van der Waals surface area contributed by atoms with Crippen LogP contribution in [0.3, 0.4) is 0 Å². The number of hydrogen-bond donors (Lipinski definition) is 3. The van der Waals surface area contributed by atoms with E-state index in [1.165, 1.54) is 6.20 Å². The Bertz CT molecular complexity index is 1020. The summed E-state index contributed by atoms with van der Waals surface area (Å²) < 4.78 is 6.68. The zero-order valence-electron chi connectivity index (χ0n) is 15.9. The zero-order valence-corrected chi connectivity index (χ0v) is 16.7. The van der Waals surface area contributed by atoms with Gasteiger partial charge in [0, 0.05) is 10.7 Å². The number of nitrogens with zero attached hydrogens (tertiary/aromatic N) is 2. The lowest BCUT2D eigenvalue weighted by Gasteiger charge is -2.10. The third kappa shape index (κ3) is 5.05. The topological polar surface area (TPSA) is 97.3 Å². The minimum Gasteiger partial charge on any atom is -0.497 e. The van der Waals surface area contributed by atoms with Crippen molar-refractivity contribution in [2.75, 3.05) is 19.0 Å². The quantitative estimate of drug-likeness (QED) is 0.540. The first-order chi connectivity index (χ1) is 14.0. The molecule has 0 radical (unpaired) electrons. The van der Waals surface area contributed by atoms with Gasteiger partial charge in [0.25, 0.3) is 11.8 Å². The Labute approximate surface area is 172 Å². The average molecular weight is 414 g/mol. The maximum atomic E-state index is 12.4. The molecule has 3 N–H and O–H groups in total. The number of anilines is 1. The number of halogens is 1. The van der Waals surface area contributed by atoms with Crippen LogP contribution in [0.15, 0.2) is 54.7 Å². The number of rotatable bonds is 6. The summed E-state index contributed by atoms with van der Waals surface area (Å²) in [4.78, 5) is 24.4. The number of aromatic nitrogens is 2. The number of ether oxygens (including phenoxy) is 1. The van der Waals surface area contributed by atoms with Gasteiger partial charge in [-0.3, -0.25) is 20.4 Å². The Balaban J connectivity index is 1.54. The van der Waals surface area contributed by atoms with E-state index < -0.39 is 11.8 Å². The first kappa shape index (κ1) is 20.2. The van der Waals surface area contributed by atoms with Crippen LogP contribution in [0, 0.1) is 6.92 Å². The van der Waals surface area contributed by atoms with E-state index in [1.807, 2.05) is 6.07 Å². The van der Waals surface area contributed by atoms with E-state index >= 15 is 0 Å². The molecule has 8 nitrogen and oxygen atoms in total. The molecule has 0 saturated carbocycles. The van der Waals surface area contributed by atoms with Gasteiger partial charge >= 0.3 is 0 Å². The molecule has 0 bridgehead atoms. The molecule has 0 spiro atoms. The second-order valence-electron chi connectivity index (χ2n) is 6.12. The number of hydrazine groups is 1. The van der Waals surface area contributed by atoms with E-state index in [9.17, 15) is 9.59 Å². The molecule has 3 rings (SSSR count). The number of nitrogens with one attached hydrogen (secondary N) is 3. The first-order valence-corrected chi connectivity index (χ1v) is 9.13. The van der Waals surface area contributed by atoms with Crippen LogP contribution < -0.4 is 20.9 Å². The number of benzene rings is 2. The smallest absolute Gasteiger partial charge is 0.273 e. The summed E-state index contributed by atoms with van der Waals surface area (Å²) in [6, 6.07) is 14.3. The number of hydrogen-bond acceptors (Lipinski definition) is 5. The SMILES string of the molecule is COc1ccc(NCC(=O)NNC(=O)c2cnn(-c3cccc(Cl)c3)c2C)cc1. The summed E-state index contributed by atoms with van der Waals surface area (Å²) in [7, 11) is 1.58. The predicted octanol–water partition coefficient (Wildman–Crippen LogP) is 2.72. The number of carbonyl (C=O) groups excluding carboxylic acids is 2. The lowest BCUT2D eigenvalue weighted by Crippen LogP contribution is -2.44. The summed E-state index contributed by atoms with van der Waals surface area (Å²) >= 11 is 6.01. The van der Waals surface area contributed by atoms with Crippen molar-refractivity contribution >= 4 is 29.1 Å². The van der Waals surface area contributed by atoms with Gasteiger partial charge in [0.15, 0.2) is 0 Å². The molecule has 0 aliphatic rings. The fourth-order valence-corrected chi connectivity index (χ4v) is 2.81. The van der Waals surface area contributed by atoms with Crippen molar-refractivity contribution in [3.05, 3.63) is 71.0 Å². The lowest BCUT2D eigenvalue weighted by molar-refractivity contribution is -0.120. The number of carbonyl (C=O) groups is 2. The van der Waals surface area contributed by atoms with E-state index in [4.69, 9.17) is 16.3 Å². The molecule has 2 amide bonds. The molecular formula is C20H20ClN5O3. The van der Waals surface area contributed by atoms with Crippen molar-refractivity contribution < 1.29 is 14.3 Å². The highest BCUT2D eigenvalue weighted by atomic mass is 35.5. The minimum atomic E-state index is -0.464. The third-order valence-electron chi connectivity index (χ3n) is 4.17. The molecule has 9 heteroatoms. The van der Waals surface area contributed by atoms with Gasteiger partial charge in [-0.1, -0.05) is 17.7 Å². The number of methoxy groups -OCH3 is 1. The van der Waals surface area contributed by atoms with Crippen molar-refractivity contribution in [3.63, 3.8) is 0 Å². The van der Waals surface area contributed by atoms with Gasteiger partial charge in [-0.05, 0) is 49.4 Å². The van der Waals surface area contributed by atoms with Gasteiger partial charge < -0.3 is 10.1 Å². The summed E-state index contributed by atoms with van der Waals surface area (Å²) in [6.07, 6.45) is 1.44. The molecule has 0 atom stereocenters. The largest absolute Gasteiger partial charge is 0.497 e. The van der Waals surface area contributed by atoms with Crippen LogP contribution in [-0.4, -0.2) is 35.2 Å². The van der Waals surface area contributed by atoms with E-state index in [1.54, 1.807) is 61.2 Å². The summed E-state index contributed by atoms with van der Waals surface area (Å²) in [5.74, 6) is -0.136. The fourth-order valence-electron chi connectivity index (χ4n) is 2.63. The molecule has 2 aromatic carbocycles. The van der Waals surface area contributed by atoms with E-state index in [2.05, 4.69) is 21.3 Å². The van der Waals surface area contributed by atoms with Gasteiger partial charge in [-0.2, -0.15) is 5.10 Å². The molecule has 1 heterocycles. The highest BCUT2D eigenvalue weighted by Gasteiger charge is 2.16. The van der Waals surface area contributed by atoms with Gasteiger partial charge in [-0.15, -0.1) is 0 Å². The molecule has 150 valence electrons. The second kappa shape index (κ2) is 9.11. The van der Waals surface area contributed by atoms with E-state index in [-0.39, 0.29) is 6.54 Å². The summed E-state index contributed by atoms with van der Waals surface area (Å²) in [5, 5.41) is 7.75.